The standard InChI is InChI=1S/C16H17BrFNO/c1-10(12-7-8-15(18)14(17)9-12)19-16-6-4-3-5-13(16)11(2)20/h3-11,19-20H,1-2H3. The summed E-state index contributed by atoms with van der Waals surface area (Å²) in [6, 6.07) is 12.6. The van der Waals surface area contributed by atoms with Crippen molar-refractivity contribution in [3.63, 3.8) is 0 Å². The van der Waals surface area contributed by atoms with E-state index in [2.05, 4.69) is 21.2 Å². The maximum atomic E-state index is 13.3. The Morgan fingerprint density at radius 3 is 2.50 bits per heavy atom. The molecule has 20 heavy (non-hydrogen) atoms. The molecule has 2 unspecified atom stereocenters. The third-order valence-corrected chi connectivity index (χ3v) is 3.83. The lowest BCUT2D eigenvalue weighted by Gasteiger charge is -2.20. The first-order chi connectivity index (χ1) is 9.49. The molecule has 0 bridgehead atoms. The Labute approximate surface area is 126 Å². The van der Waals surface area contributed by atoms with Crippen LogP contribution in [0.25, 0.3) is 0 Å². The van der Waals surface area contributed by atoms with E-state index in [1.807, 2.05) is 31.2 Å². The smallest absolute Gasteiger partial charge is 0.137 e. The van der Waals surface area contributed by atoms with Crippen LogP contribution in [0.3, 0.4) is 0 Å². The lowest BCUT2D eigenvalue weighted by Crippen LogP contribution is -2.09. The van der Waals surface area contributed by atoms with Gasteiger partial charge in [-0.1, -0.05) is 24.3 Å². The number of benzene rings is 2. The number of halogens is 2. The molecule has 0 aliphatic carbocycles. The van der Waals surface area contributed by atoms with Crippen molar-refractivity contribution in [2.45, 2.75) is 26.0 Å². The molecule has 2 nitrogen and oxygen atoms in total. The second-order valence-electron chi connectivity index (χ2n) is 4.80. The number of rotatable bonds is 4. The molecule has 2 aromatic carbocycles. The van der Waals surface area contributed by atoms with Gasteiger partial charge in [-0.3, -0.25) is 0 Å². The average Bonchev–Trinajstić information content (AvgIpc) is 2.42. The second-order valence-corrected chi connectivity index (χ2v) is 5.66. The van der Waals surface area contributed by atoms with Crippen LogP contribution in [0.5, 0.6) is 0 Å². The van der Waals surface area contributed by atoms with Crippen molar-refractivity contribution in [1.29, 1.82) is 0 Å². The normalized spacial score (nSPS) is 13.8. The average molecular weight is 338 g/mol. The van der Waals surface area contributed by atoms with E-state index in [4.69, 9.17) is 0 Å². The summed E-state index contributed by atoms with van der Waals surface area (Å²) in [5.41, 5.74) is 2.70. The van der Waals surface area contributed by atoms with Crippen LogP contribution < -0.4 is 5.32 Å². The molecule has 4 heteroatoms. The van der Waals surface area contributed by atoms with Crippen LogP contribution in [0.2, 0.25) is 0 Å². The van der Waals surface area contributed by atoms with E-state index < -0.39 is 6.10 Å². The highest BCUT2D eigenvalue weighted by Gasteiger charge is 2.12. The Hall–Kier alpha value is -1.39. The van der Waals surface area contributed by atoms with Crippen LogP contribution in [-0.4, -0.2) is 5.11 Å². The van der Waals surface area contributed by atoms with Crippen molar-refractivity contribution in [3.05, 3.63) is 63.9 Å². The highest BCUT2D eigenvalue weighted by atomic mass is 79.9. The molecule has 2 N–H and O–H groups in total. The zero-order chi connectivity index (χ0) is 14.7. The van der Waals surface area contributed by atoms with E-state index in [1.165, 1.54) is 6.07 Å². The van der Waals surface area contributed by atoms with Crippen LogP contribution in [0.15, 0.2) is 46.9 Å². The number of anilines is 1. The summed E-state index contributed by atoms with van der Waals surface area (Å²) in [5, 5.41) is 13.1. The number of aliphatic hydroxyl groups is 1. The van der Waals surface area contributed by atoms with Crippen LogP contribution in [0, 0.1) is 5.82 Å². The molecule has 0 fully saturated rings. The van der Waals surface area contributed by atoms with E-state index in [0.29, 0.717) is 4.47 Å². The van der Waals surface area contributed by atoms with Gasteiger partial charge in [-0.2, -0.15) is 0 Å². The summed E-state index contributed by atoms with van der Waals surface area (Å²) >= 11 is 3.19. The lowest BCUT2D eigenvalue weighted by atomic mass is 10.0. The fourth-order valence-corrected chi connectivity index (χ4v) is 2.49. The first-order valence-electron chi connectivity index (χ1n) is 6.47. The maximum Gasteiger partial charge on any atom is 0.137 e. The Morgan fingerprint density at radius 2 is 1.85 bits per heavy atom. The molecule has 2 rings (SSSR count). The van der Waals surface area contributed by atoms with Crippen LogP contribution in [0.1, 0.15) is 37.1 Å². The Bertz CT molecular complexity index is 601. The molecule has 106 valence electrons. The first-order valence-corrected chi connectivity index (χ1v) is 7.27. The molecule has 0 saturated carbocycles. The summed E-state index contributed by atoms with van der Waals surface area (Å²) in [7, 11) is 0. The van der Waals surface area contributed by atoms with Crippen molar-refractivity contribution in [1.82, 2.24) is 0 Å². The fourth-order valence-electron chi connectivity index (χ4n) is 2.09. The third-order valence-electron chi connectivity index (χ3n) is 3.23. The molecule has 0 amide bonds. The topological polar surface area (TPSA) is 32.3 Å². The van der Waals surface area contributed by atoms with Gasteiger partial charge in [-0.05, 0) is 53.5 Å². The van der Waals surface area contributed by atoms with E-state index in [0.717, 1.165) is 16.8 Å². The minimum atomic E-state index is -0.536. The van der Waals surface area contributed by atoms with Gasteiger partial charge in [0.2, 0.25) is 0 Å². The minimum absolute atomic E-state index is 0.00630. The molecule has 0 aliphatic rings. The highest BCUT2D eigenvalue weighted by molar-refractivity contribution is 9.10. The van der Waals surface area contributed by atoms with Crippen LogP contribution in [-0.2, 0) is 0 Å². The number of hydrogen-bond donors (Lipinski definition) is 2. The highest BCUT2D eigenvalue weighted by Crippen LogP contribution is 2.28. The summed E-state index contributed by atoms with van der Waals surface area (Å²) < 4.78 is 13.7. The largest absolute Gasteiger partial charge is 0.389 e. The molecule has 0 aromatic heterocycles. The van der Waals surface area contributed by atoms with E-state index in [9.17, 15) is 9.50 Å². The van der Waals surface area contributed by atoms with Crippen LogP contribution in [0.4, 0.5) is 10.1 Å². The third kappa shape index (κ3) is 3.38. The van der Waals surface area contributed by atoms with Crippen molar-refractivity contribution in [2.24, 2.45) is 0 Å². The Morgan fingerprint density at radius 1 is 1.15 bits per heavy atom. The molecular formula is C16H17BrFNO. The van der Waals surface area contributed by atoms with Crippen molar-refractivity contribution in [3.8, 4) is 0 Å². The van der Waals surface area contributed by atoms with Gasteiger partial charge in [0.05, 0.1) is 10.6 Å². The van der Waals surface area contributed by atoms with Gasteiger partial charge in [-0.25, -0.2) is 4.39 Å². The molecule has 2 atom stereocenters. The molecule has 0 saturated heterocycles. The van der Waals surface area contributed by atoms with Crippen molar-refractivity contribution >= 4 is 21.6 Å². The number of para-hydroxylation sites is 1. The molecule has 0 radical (unpaired) electrons. The quantitative estimate of drug-likeness (QED) is 0.838. The van der Waals surface area contributed by atoms with Gasteiger partial charge in [0.25, 0.3) is 0 Å². The summed E-state index contributed by atoms with van der Waals surface area (Å²) in [6.07, 6.45) is -0.536. The van der Waals surface area contributed by atoms with E-state index in [1.54, 1.807) is 19.1 Å². The van der Waals surface area contributed by atoms with Gasteiger partial charge in [0.1, 0.15) is 5.82 Å². The lowest BCUT2D eigenvalue weighted by molar-refractivity contribution is 0.200. The minimum Gasteiger partial charge on any atom is -0.389 e. The molecular weight excluding hydrogens is 321 g/mol. The summed E-state index contributed by atoms with van der Waals surface area (Å²) in [6.45, 7) is 3.73. The maximum absolute atomic E-state index is 13.3. The zero-order valence-electron chi connectivity index (χ0n) is 11.4. The fraction of sp³-hybridized carbons (Fsp3) is 0.250. The van der Waals surface area contributed by atoms with Gasteiger partial charge in [-0.15, -0.1) is 0 Å². The predicted octanol–water partition coefficient (Wildman–Crippen LogP) is 4.81. The Kier molecular flexibility index (Phi) is 4.78. The first kappa shape index (κ1) is 15.0. The second kappa shape index (κ2) is 6.37. The number of aliphatic hydroxyl groups excluding tert-OH is 1. The van der Waals surface area contributed by atoms with Crippen molar-refractivity contribution < 1.29 is 9.50 Å². The van der Waals surface area contributed by atoms with Crippen LogP contribution >= 0.6 is 15.9 Å². The van der Waals surface area contributed by atoms with Crippen molar-refractivity contribution in [2.75, 3.05) is 5.32 Å². The van der Waals surface area contributed by atoms with E-state index >= 15 is 0 Å². The van der Waals surface area contributed by atoms with Gasteiger partial charge in [0.15, 0.2) is 0 Å². The van der Waals surface area contributed by atoms with E-state index in [-0.39, 0.29) is 11.9 Å². The predicted molar refractivity (Wildman–Crippen MR) is 83.2 cm³/mol. The Balaban J connectivity index is 2.23. The summed E-state index contributed by atoms with van der Waals surface area (Å²) in [4.78, 5) is 0. The van der Waals surface area contributed by atoms with Gasteiger partial charge < -0.3 is 10.4 Å². The monoisotopic (exact) mass is 337 g/mol. The number of nitrogens with one attached hydrogen (secondary N) is 1. The number of hydrogen-bond acceptors (Lipinski definition) is 2. The molecule has 0 heterocycles. The van der Waals surface area contributed by atoms with Gasteiger partial charge >= 0.3 is 0 Å². The molecule has 0 spiro atoms. The molecule has 2 aromatic rings. The van der Waals surface area contributed by atoms with Gasteiger partial charge in [0, 0.05) is 17.3 Å². The SMILES string of the molecule is CC(O)c1ccccc1NC(C)c1ccc(F)c(Br)c1. The summed E-state index contributed by atoms with van der Waals surface area (Å²) in [5.74, 6) is -0.273. The molecule has 0 aliphatic heterocycles. The zero-order valence-corrected chi connectivity index (χ0v) is 13.0.